The maximum absolute atomic E-state index is 2.38. The van der Waals surface area contributed by atoms with E-state index in [4.69, 9.17) is 0 Å². The van der Waals surface area contributed by atoms with Gasteiger partial charge in [0.2, 0.25) is 0 Å². The Labute approximate surface area is 280 Å². The zero-order chi connectivity index (χ0) is 29.1. The Morgan fingerprint density at radius 1 is 0.571 bits per heavy atom. The van der Waals surface area contributed by atoms with Crippen LogP contribution >= 0.6 is 24.8 Å². The van der Waals surface area contributed by atoms with Gasteiger partial charge in [-0.15, -0.1) is 111 Å². The molecule has 0 N–H and O–H groups in total. The number of fused-ring (bicyclic) bond motifs is 4. The molecule has 218 valence electrons. The maximum Gasteiger partial charge on any atom is -0.0623 e. The molecule has 6 aromatic carbocycles. The van der Waals surface area contributed by atoms with E-state index in [1.807, 2.05) is 0 Å². The van der Waals surface area contributed by atoms with Crippen molar-refractivity contribution in [2.75, 3.05) is 0 Å². The van der Waals surface area contributed by atoms with Crippen molar-refractivity contribution in [2.24, 2.45) is 0 Å². The summed E-state index contributed by atoms with van der Waals surface area (Å²) in [6, 6.07) is 39.5. The van der Waals surface area contributed by atoms with Gasteiger partial charge in [0.05, 0.1) is 0 Å². The predicted octanol–water partition coefficient (Wildman–Crippen LogP) is 12.2. The molecule has 0 atom stereocenters. The van der Waals surface area contributed by atoms with Gasteiger partial charge in [0.15, 0.2) is 0 Å². The summed E-state index contributed by atoms with van der Waals surface area (Å²) in [4.78, 5) is 0. The van der Waals surface area contributed by atoms with Crippen molar-refractivity contribution in [1.29, 1.82) is 0 Å². The molecule has 0 saturated heterocycles. The number of hydrogen-bond acceptors (Lipinski definition) is 0. The van der Waals surface area contributed by atoms with Crippen LogP contribution in [0, 0.1) is 0 Å². The first-order chi connectivity index (χ1) is 18.8. The van der Waals surface area contributed by atoms with Gasteiger partial charge in [-0.1, -0.05) is 119 Å². The van der Waals surface area contributed by atoms with Crippen LogP contribution in [0.2, 0.25) is 13.1 Å². The molecule has 0 aliphatic carbocycles. The van der Waals surface area contributed by atoms with Gasteiger partial charge in [-0.25, -0.2) is 0 Å². The zero-order valence-corrected chi connectivity index (χ0v) is 31.3. The van der Waals surface area contributed by atoms with E-state index in [2.05, 4.69) is 164 Å². The molecule has 0 radical (unpaired) electrons. The van der Waals surface area contributed by atoms with Crippen molar-refractivity contribution >= 4 is 62.6 Å². The van der Waals surface area contributed by atoms with E-state index >= 15 is 0 Å². The van der Waals surface area contributed by atoms with E-state index in [9.17, 15) is 0 Å². The number of rotatable bonds is 1. The summed E-state index contributed by atoms with van der Waals surface area (Å²) in [5.41, 5.74) is 6.03. The van der Waals surface area contributed by atoms with Crippen LogP contribution < -0.4 is 0 Å². The van der Waals surface area contributed by atoms with Gasteiger partial charge in [0.25, 0.3) is 0 Å². The van der Waals surface area contributed by atoms with Gasteiger partial charge in [0.1, 0.15) is 0 Å². The van der Waals surface area contributed by atoms with Crippen LogP contribution in [0.25, 0.3) is 43.4 Å². The third-order valence-corrected chi connectivity index (χ3v) is 7.21. The normalized spacial score (nSPS) is 11.1. The summed E-state index contributed by atoms with van der Waals surface area (Å²) in [5.74, 6) is 0. The van der Waals surface area contributed by atoms with Crippen molar-refractivity contribution in [3.05, 3.63) is 120 Å². The average molecular weight is 691 g/mol. The molecule has 6 rings (SSSR count). The van der Waals surface area contributed by atoms with E-state index < -0.39 is 0 Å². The SMILES string of the molecule is CC(C)(C)c1ccc2[cH-]c3ccc(C(C)(C)C)cc3c2c1.C[Si](C)=[Zr+2].Cl.Cl.c1ccc(-c2c[cH-]c3ccccc23)cc1. The summed E-state index contributed by atoms with van der Waals surface area (Å²) >= 11 is 1.74. The molecular formula is C38H44Cl2SiZr. The topological polar surface area (TPSA) is 0 Å². The van der Waals surface area contributed by atoms with E-state index in [0.717, 1.165) is 0 Å². The Hall–Kier alpha value is -1.96. The molecule has 0 nitrogen and oxygen atoms in total. The summed E-state index contributed by atoms with van der Waals surface area (Å²) in [5, 5.41) is 8.14. The third-order valence-electron chi connectivity index (χ3n) is 7.21. The molecule has 42 heavy (non-hydrogen) atoms. The zero-order valence-electron chi connectivity index (χ0n) is 26.2. The van der Waals surface area contributed by atoms with Gasteiger partial charge in [-0.05, 0) is 10.8 Å². The molecule has 0 aromatic heterocycles. The molecule has 0 heterocycles. The Balaban J connectivity index is 0.000000259. The van der Waals surface area contributed by atoms with E-state index in [-0.39, 0.29) is 41.1 Å². The van der Waals surface area contributed by atoms with Crippen molar-refractivity contribution < 1.29 is 23.3 Å². The van der Waals surface area contributed by atoms with Crippen LogP contribution in [-0.4, -0.2) is 5.43 Å². The summed E-state index contributed by atoms with van der Waals surface area (Å²) in [6.45, 7) is 18.3. The summed E-state index contributed by atoms with van der Waals surface area (Å²) in [7, 11) is 0. The van der Waals surface area contributed by atoms with Crippen LogP contribution in [0.4, 0.5) is 0 Å². The molecule has 0 fully saturated rings. The minimum atomic E-state index is 0. The molecule has 0 saturated carbocycles. The second kappa shape index (κ2) is 15.2. The van der Waals surface area contributed by atoms with Gasteiger partial charge >= 0.3 is 41.9 Å². The van der Waals surface area contributed by atoms with Crippen LogP contribution in [0.3, 0.4) is 0 Å². The third kappa shape index (κ3) is 9.03. The molecule has 0 bridgehead atoms. The van der Waals surface area contributed by atoms with Gasteiger partial charge in [-0.3, -0.25) is 0 Å². The smallest absolute Gasteiger partial charge is 0.0623 e. The molecule has 0 spiro atoms. The van der Waals surface area contributed by atoms with E-state index in [1.54, 1.807) is 23.3 Å². The first-order valence-corrected chi connectivity index (χ1v) is 20.4. The standard InChI is InChI=1S/C21H25.C15H11.C2H6Si.2ClH.Zr/c1-20(2,3)16-9-7-14-11-15-8-10-17(21(4,5)6)13-19(15)18(14)12-16;1-2-6-12(7-3-1)15-11-10-13-8-4-5-9-14(13)15;1-3-2;;;/h7-13H,1-6H3;1-11H;1-2H3;2*1H;/q2*-1;;;;+2. The quantitative estimate of drug-likeness (QED) is 0.119. The minimum Gasteiger partial charge on any atom is -0.150 e. The number of halogens is 2. The Bertz CT molecular complexity index is 1670. The van der Waals surface area contributed by atoms with Crippen LogP contribution in [-0.2, 0) is 34.2 Å². The minimum absolute atomic E-state index is 0. The monoisotopic (exact) mass is 688 g/mol. The fourth-order valence-corrected chi connectivity index (χ4v) is 4.95. The number of hydrogen-bond donors (Lipinski definition) is 0. The maximum atomic E-state index is 2.38. The molecule has 0 aliphatic rings. The van der Waals surface area contributed by atoms with Crippen LogP contribution in [0.1, 0.15) is 52.7 Å². The summed E-state index contributed by atoms with van der Waals surface area (Å²) in [6.07, 6.45) is 0. The fraction of sp³-hybridized carbons (Fsp3) is 0.263. The largest absolute Gasteiger partial charge is 0.150 e. The van der Waals surface area contributed by atoms with Crippen molar-refractivity contribution in [3.8, 4) is 11.1 Å². The van der Waals surface area contributed by atoms with E-state index in [0.29, 0.717) is 0 Å². The fourth-order valence-electron chi connectivity index (χ4n) is 4.95. The Kier molecular flexibility index (Phi) is 13.1. The molecule has 4 heteroatoms. The van der Waals surface area contributed by atoms with Crippen LogP contribution in [0.5, 0.6) is 0 Å². The van der Waals surface area contributed by atoms with Crippen LogP contribution in [0.15, 0.2) is 109 Å². The van der Waals surface area contributed by atoms with Crippen molar-refractivity contribution in [3.63, 3.8) is 0 Å². The van der Waals surface area contributed by atoms with Gasteiger partial charge in [-0.2, -0.15) is 0 Å². The molecular weight excluding hydrogens is 647 g/mol. The van der Waals surface area contributed by atoms with Gasteiger partial charge < -0.3 is 0 Å². The first-order valence-electron chi connectivity index (χ1n) is 14.2. The average Bonchev–Trinajstić information content (AvgIpc) is 3.49. The number of benzene rings is 4. The summed E-state index contributed by atoms with van der Waals surface area (Å²) < 4.78 is 0. The van der Waals surface area contributed by atoms with Crippen molar-refractivity contribution in [2.45, 2.75) is 65.5 Å². The van der Waals surface area contributed by atoms with Crippen molar-refractivity contribution in [1.82, 2.24) is 0 Å². The molecule has 6 aromatic rings. The van der Waals surface area contributed by atoms with Gasteiger partial charge in [0, 0.05) is 0 Å². The molecule has 0 aliphatic heterocycles. The second-order valence-electron chi connectivity index (χ2n) is 12.9. The van der Waals surface area contributed by atoms with E-state index in [1.165, 1.54) is 54.6 Å². The second-order valence-corrected chi connectivity index (χ2v) is 22.3. The molecule has 0 amide bonds. The Morgan fingerprint density at radius 3 is 1.50 bits per heavy atom. The Morgan fingerprint density at radius 2 is 1.02 bits per heavy atom. The molecule has 0 unspecified atom stereocenters. The predicted molar refractivity (Wildman–Crippen MR) is 191 cm³/mol. The first kappa shape index (κ1) is 36.2.